The van der Waals surface area contributed by atoms with Gasteiger partial charge in [-0.2, -0.15) is 0 Å². The average molecular weight is 412 g/mol. The maximum atomic E-state index is 12.0. The summed E-state index contributed by atoms with van der Waals surface area (Å²) in [5, 5.41) is 3.37. The van der Waals surface area contributed by atoms with Crippen molar-refractivity contribution in [3.63, 3.8) is 0 Å². The molecule has 1 heterocycles. The predicted molar refractivity (Wildman–Crippen MR) is 109 cm³/mol. The van der Waals surface area contributed by atoms with Crippen molar-refractivity contribution in [3.05, 3.63) is 29.3 Å². The molecule has 0 radical (unpaired) electrons. The molecule has 1 N–H and O–H groups in total. The first kappa shape index (κ1) is 21.6. The van der Waals surface area contributed by atoms with Gasteiger partial charge in [-0.15, -0.1) is 0 Å². The third kappa shape index (κ3) is 7.46. The highest BCUT2D eigenvalue weighted by Crippen LogP contribution is 2.39. The van der Waals surface area contributed by atoms with Gasteiger partial charge in [0.15, 0.2) is 6.61 Å². The summed E-state index contributed by atoms with van der Waals surface area (Å²) in [7, 11) is 5.16. The Hall–Kier alpha value is -1.67. The molecule has 0 aromatic heterocycles. The Bertz CT molecular complexity index is 674. The van der Waals surface area contributed by atoms with Crippen molar-refractivity contribution in [2.24, 2.45) is 0 Å². The Morgan fingerprint density at radius 1 is 1.26 bits per heavy atom. The van der Waals surface area contributed by atoms with Crippen LogP contribution in [0.5, 0.6) is 0 Å². The SMILES string of the molecule is COC(=O)c1ccc(C)c(NC(=O)COC(=O)CCCC[C@H]2CCSS2)c1. The first-order valence-electron chi connectivity index (χ1n) is 8.92. The van der Waals surface area contributed by atoms with Crippen LogP contribution in [0, 0.1) is 6.92 Å². The largest absolute Gasteiger partial charge is 0.465 e. The van der Waals surface area contributed by atoms with Crippen molar-refractivity contribution < 1.29 is 23.9 Å². The summed E-state index contributed by atoms with van der Waals surface area (Å²) in [5.74, 6) is -0.0629. The molecule has 6 nitrogen and oxygen atoms in total. The van der Waals surface area contributed by atoms with Crippen LogP contribution in [-0.4, -0.2) is 42.6 Å². The Kier molecular flexibility index (Phi) is 9.00. The molecule has 0 aliphatic carbocycles. The van der Waals surface area contributed by atoms with Gasteiger partial charge in [0, 0.05) is 23.1 Å². The number of benzene rings is 1. The quantitative estimate of drug-likeness (QED) is 0.374. The van der Waals surface area contributed by atoms with Crippen molar-refractivity contribution >= 4 is 45.1 Å². The first-order chi connectivity index (χ1) is 13.0. The van der Waals surface area contributed by atoms with Gasteiger partial charge in [0.25, 0.3) is 5.91 Å². The zero-order valence-corrected chi connectivity index (χ0v) is 17.2. The lowest BCUT2D eigenvalue weighted by atomic mass is 10.1. The van der Waals surface area contributed by atoms with E-state index in [9.17, 15) is 14.4 Å². The highest BCUT2D eigenvalue weighted by Gasteiger charge is 2.16. The number of ether oxygens (including phenoxy) is 2. The molecule has 1 amide bonds. The average Bonchev–Trinajstić information content (AvgIpc) is 3.18. The monoisotopic (exact) mass is 411 g/mol. The maximum absolute atomic E-state index is 12.0. The fourth-order valence-electron chi connectivity index (χ4n) is 2.61. The van der Waals surface area contributed by atoms with E-state index in [1.807, 2.05) is 28.5 Å². The van der Waals surface area contributed by atoms with E-state index in [1.54, 1.807) is 18.2 Å². The lowest BCUT2D eigenvalue weighted by molar-refractivity contribution is -0.147. The summed E-state index contributed by atoms with van der Waals surface area (Å²) in [5.41, 5.74) is 1.63. The molecule has 8 heteroatoms. The number of carbonyl (C=O) groups excluding carboxylic acids is 3. The summed E-state index contributed by atoms with van der Waals surface area (Å²) >= 11 is 0. The highest BCUT2D eigenvalue weighted by molar-refractivity contribution is 8.77. The van der Waals surface area contributed by atoms with Crippen LogP contribution in [-0.2, 0) is 19.1 Å². The fraction of sp³-hybridized carbons (Fsp3) is 0.526. The Balaban J connectivity index is 1.69. The molecule has 0 spiro atoms. The molecule has 0 unspecified atom stereocenters. The van der Waals surface area contributed by atoms with Crippen LogP contribution in [0.15, 0.2) is 18.2 Å². The van der Waals surface area contributed by atoms with Crippen LogP contribution in [0.3, 0.4) is 0 Å². The maximum Gasteiger partial charge on any atom is 0.337 e. The molecular formula is C19H25NO5S2. The van der Waals surface area contributed by atoms with Crippen LogP contribution in [0.25, 0.3) is 0 Å². The number of hydrogen-bond donors (Lipinski definition) is 1. The molecule has 0 saturated carbocycles. The van der Waals surface area contributed by atoms with Crippen LogP contribution in [0.4, 0.5) is 5.69 Å². The van der Waals surface area contributed by atoms with Gasteiger partial charge in [0.05, 0.1) is 12.7 Å². The number of amides is 1. The molecule has 1 aliphatic rings. The highest BCUT2D eigenvalue weighted by atomic mass is 33.1. The number of esters is 2. The van der Waals surface area contributed by atoms with Crippen molar-refractivity contribution in [1.82, 2.24) is 0 Å². The van der Waals surface area contributed by atoms with Crippen molar-refractivity contribution in [2.45, 2.75) is 44.3 Å². The van der Waals surface area contributed by atoms with Gasteiger partial charge in [-0.1, -0.05) is 34.1 Å². The Labute approximate surface area is 167 Å². The number of methoxy groups -OCH3 is 1. The molecule has 1 aliphatic heterocycles. The first-order valence-corrected chi connectivity index (χ1v) is 11.3. The van der Waals surface area contributed by atoms with E-state index in [0.717, 1.165) is 24.8 Å². The lowest BCUT2D eigenvalue weighted by Gasteiger charge is -2.10. The van der Waals surface area contributed by atoms with Crippen LogP contribution >= 0.6 is 21.6 Å². The normalized spacial score (nSPS) is 16.0. The lowest BCUT2D eigenvalue weighted by Crippen LogP contribution is -2.21. The number of rotatable bonds is 9. The van der Waals surface area contributed by atoms with Gasteiger partial charge < -0.3 is 14.8 Å². The van der Waals surface area contributed by atoms with E-state index in [-0.39, 0.29) is 12.6 Å². The van der Waals surface area contributed by atoms with Crippen molar-refractivity contribution in [1.29, 1.82) is 0 Å². The second-order valence-electron chi connectivity index (χ2n) is 6.30. The van der Waals surface area contributed by atoms with E-state index >= 15 is 0 Å². The molecule has 1 saturated heterocycles. The van der Waals surface area contributed by atoms with Gasteiger partial charge in [-0.05, 0) is 43.9 Å². The molecule has 148 valence electrons. The molecular weight excluding hydrogens is 386 g/mol. The summed E-state index contributed by atoms with van der Waals surface area (Å²) in [4.78, 5) is 35.4. The Morgan fingerprint density at radius 2 is 2.07 bits per heavy atom. The predicted octanol–water partition coefficient (Wildman–Crippen LogP) is 3.98. The fourth-order valence-corrected chi connectivity index (χ4v) is 5.64. The van der Waals surface area contributed by atoms with Crippen LogP contribution < -0.4 is 5.32 Å². The molecule has 0 bridgehead atoms. The molecule has 1 atom stereocenters. The standard InChI is InChI=1S/C19H25NO5S2/c1-13-7-8-14(19(23)24-2)11-16(13)20-17(21)12-25-18(22)6-4-3-5-15-9-10-26-27-15/h7-8,11,15H,3-6,9-10,12H2,1-2H3,(H,20,21)/t15-/m0/s1. The molecule has 1 aromatic rings. The van der Waals surface area contributed by atoms with Crippen LogP contribution in [0.2, 0.25) is 0 Å². The van der Waals surface area contributed by atoms with Gasteiger partial charge in [-0.25, -0.2) is 4.79 Å². The number of anilines is 1. The van der Waals surface area contributed by atoms with Crippen molar-refractivity contribution in [2.75, 3.05) is 24.8 Å². The number of aryl methyl sites for hydroxylation is 1. The smallest absolute Gasteiger partial charge is 0.337 e. The number of nitrogens with one attached hydrogen (secondary N) is 1. The number of carbonyl (C=O) groups is 3. The van der Waals surface area contributed by atoms with Gasteiger partial charge >= 0.3 is 11.9 Å². The molecule has 1 aromatic carbocycles. The topological polar surface area (TPSA) is 81.7 Å². The summed E-state index contributed by atoms with van der Waals surface area (Å²) in [6, 6.07) is 4.88. The zero-order valence-electron chi connectivity index (χ0n) is 15.6. The minimum atomic E-state index is -0.480. The van der Waals surface area contributed by atoms with E-state index in [4.69, 9.17) is 4.74 Å². The number of unbranched alkanes of at least 4 members (excludes halogenated alkanes) is 1. The van der Waals surface area contributed by atoms with Gasteiger partial charge in [-0.3, -0.25) is 9.59 Å². The van der Waals surface area contributed by atoms with Gasteiger partial charge in [0.1, 0.15) is 0 Å². The van der Waals surface area contributed by atoms with E-state index in [2.05, 4.69) is 10.1 Å². The second kappa shape index (κ2) is 11.2. The van der Waals surface area contributed by atoms with Crippen molar-refractivity contribution in [3.8, 4) is 0 Å². The second-order valence-corrected chi connectivity index (χ2v) is 9.09. The number of hydrogen-bond acceptors (Lipinski definition) is 7. The molecule has 1 fully saturated rings. The van der Waals surface area contributed by atoms with Gasteiger partial charge in [0.2, 0.25) is 0 Å². The minimum absolute atomic E-state index is 0.328. The third-order valence-electron chi connectivity index (χ3n) is 4.18. The summed E-state index contributed by atoms with van der Waals surface area (Å²) in [6.45, 7) is 1.47. The van der Waals surface area contributed by atoms with E-state index in [1.165, 1.54) is 19.3 Å². The Morgan fingerprint density at radius 3 is 2.78 bits per heavy atom. The molecule has 27 heavy (non-hydrogen) atoms. The van der Waals surface area contributed by atoms with Crippen LogP contribution in [0.1, 0.15) is 48.0 Å². The summed E-state index contributed by atoms with van der Waals surface area (Å²) in [6.07, 6.45) is 4.48. The summed E-state index contributed by atoms with van der Waals surface area (Å²) < 4.78 is 9.71. The van der Waals surface area contributed by atoms with E-state index in [0.29, 0.717) is 22.9 Å². The third-order valence-corrected chi connectivity index (χ3v) is 7.19. The van der Waals surface area contributed by atoms with E-state index < -0.39 is 11.9 Å². The molecule has 2 rings (SSSR count). The zero-order chi connectivity index (χ0) is 19.6. The minimum Gasteiger partial charge on any atom is -0.465 e.